The highest BCUT2D eigenvalue weighted by Crippen LogP contribution is 2.17. The second kappa shape index (κ2) is 8.90. The van der Waals surface area contributed by atoms with Crippen LogP contribution in [0.5, 0.6) is 0 Å². The van der Waals surface area contributed by atoms with Crippen LogP contribution in [-0.4, -0.2) is 21.8 Å². The highest BCUT2D eigenvalue weighted by Gasteiger charge is 2.12. The van der Waals surface area contributed by atoms with Crippen LogP contribution in [0.4, 0.5) is 5.69 Å². The van der Waals surface area contributed by atoms with E-state index in [0.29, 0.717) is 29.3 Å². The summed E-state index contributed by atoms with van der Waals surface area (Å²) >= 11 is 0. The van der Waals surface area contributed by atoms with Gasteiger partial charge in [0.25, 0.3) is 11.8 Å². The Labute approximate surface area is 164 Å². The van der Waals surface area contributed by atoms with Gasteiger partial charge in [-0.3, -0.25) is 19.6 Å². The van der Waals surface area contributed by atoms with Crippen molar-refractivity contribution in [3.8, 4) is 0 Å². The highest BCUT2D eigenvalue weighted by atomic mass is 16.2. The van der Waals surface area contributed by atoms with E-state index in [1.165, 1.54) is 24.0 Å². The lowest BCUT2D eigenvalue weighted by molar-refractivity contribution is 0.0950. The lowest BCUT2D eigenvalue weighted by atomic mass is 10.0. The van der Waals surface area contributed by atoms with E-state index < -0.39 is 0 Å². The van der Waals surface area contributed by atoms with E-state index in [1.807, 2.05) is 42.5 Å². The molecular formula is C22H22N4O2. The molecule has 0 bridgehead atoms. The molecule has 2 N–H and O–H groups in total. The van der Waals surface area contributed by atoms with Gasteiger partial charge >= 0.3 is 0 Å². The lowest BCUT2D eigenvalue weighted by Gasteiger charge is -2.09. The fourth-order valence-corrected chi connectivity index (χ4v) is 2.62. The standard InChI is InChI=1S/C22H22N4O2/c1-15(2)16-6-8-19(9-7-16)26-22(28)18-11-17(12-23-13-18)21(27)25-14-20-5-3-4-10-24-20/h3-13,15H,14H2,1-2H3,(H,25,27)(H,26,28). The van der Waals surface area contributed by atoms with Gasteiger partial charge in [0, 0.05) is 24.3 Å². The second-order valence-electron chi connectivity index (χ2n) is 6.70. The number of pyridine rings is 2. The molecule has 3 aromatic rings. The van der Waals surface area contributed by atoms with Crippen LogP contribution < -0.4 is 10.6 Å². The lowest BCUT2D eigenvalue weighted by Crippen LogP contribution is -2.24. The minimum Gasteiger partial charge on any atom is -0.346 e. The zero-order valence-electron chi connectivity index (χ0n) is 15.8. The van der Waals surface area contributed by atoms with Crippen molar-refractivity contribution in [1.29, 1.82) is 0 Å². The molecule has 6 heteroatoms. The first-order valence-electron chi connectivity index (χ1n) is 9.07. The fraction of sp³-hybridized carbons (Fsp3) is 0.182. The fourth-order valence-electron chi connectivity index (χ4n) is 2.62. The number of benzene rings is 1. The van der Waals surface area contributed by atoms with Crippen molar-refractivity contribution in [3.63, 3.8) is 0 Å². The van der Waals surface area contributed by atoms with E-state index in [4.69, 9.17) is 0 Å². The molecule has 0 aliphatic heterocycles. The normalized spacial score (nSPS) is 10.5. The molecule has 0 saturated carbocycles. The number of nitrogens with zero attached hydrogens (tertiary/aromatic N) is 2. The Kier molecular flexibility index (Phi) is 6.11. The Bertz CT molecular complexity index is 954. The van der Waals surface area contributed by atoms with Crippen LogP contribution >= 0.6 is 0 Å². The van der Waals surface area contributed by atoms with Crippen LogP contribution in [0.1, 0.15) is 51.7 Å². The number of aromatic nitrogens is 2. The van der Waals surface area contributed by atoms with Gasteiger partial charge in [0.2, 0.25) is 0 Å². The molecule has 2 aromatic heterocycles. The van der Waals surface area contributed by atoms with Crippen molar-refractivity contribution >= 4 is 17.5 Å². The molecule has 2 heterocycles. The minimum absolute atomic E-state index is 0.304. The van der Waals surface area contributed by atoms with Crippen molar-refractivity contribution in [1.82, 2.24) is 15.3 Å². The molecular weight excluding hydrogens is 352 g/mol. The summed E-state index contributed by atoms with van der Waals surface area (Å²) in [6.45, 7) is 4.53. The van der Waals surface area contributed by atoms with Crippen molar-refractivity contribution in [2.75, 3.05) is 5.32 Å². The summed E-state index contributed by atoms with van der Waals surface area (Å²) in [6, 6.07) is 14.7. The van der Waals surface area contributed by atoms with E-state index in [9.17, 15) is 9.59 Å². The Morgan fingerprint density at radius 3 is 2.32 bits per heavy atom. The zero-order chi connectivity index (χ0) is 19.9. The van der Waals surface area contributed by atoms with Gasteiger partial charge in [-0.15, -0.1) is 0 Å². The molecule has 28 heavy (non-hydrogen) atoms. The molecule has 6 nitrogen and oxygen atoms in total. The highest BCUT2D eigenvalue weighted by molar-refractivity contribution is 6.05. The maximum Gasteiger partial charge on any atom is 0.257 e. The third kappa shape index (κ3) is 5.01. The summed E-state index contributed by atoms with van der Waals surface area (Å²) in [5.41, 5.74) is 3.28. The van der Waals surface area contributed by atoms with Gasteiger partial charge in [0.1, 0.15) is 0 Å². The number of nitrogens with one attached hydrogen (secondary N) is 2. The van der Waals surface area contributed by atoms with Crippen molar-refractivity contribution in [2.24, 2.45) is 0 Å². The van der Waals surface area contributed by atoms with Gasteiger partial charge in [-0.05, 0) is 41.8 Å². The van der Waals surface area contributed by atoms with Crippen LogP contribution in [0.15, 0.2) is 67.1 Å². The van der Waals surface area contributed by atoms with Crippen molar-refractivity contribution in [3.05, 3.63) is 89.5 Å². The summed E-state index contributed by atoms with van der Waals surface area (Å²) in [7, 11) is 0. The average molecular weight is 374 g/mol. The average Bonchev–Trinajstić information content (AvgIpc) is 2.73. The third-order valence-electron chi connectivity index (χ3n) is 4.25. The Balaban J connectivity index is 1.64. The van der Waals surface area contributed by atoms with Crippen LogP contribution in [0, 0.1) is 0 Å². The SMILES string of the molecule is CC(C)c1ccc(NC(=O)c2cncc(C(=O)NCc3ccccn3)c2)cc1. The maximum atomic E-state index is 12.5. The monoisotopic (exact) mass is 374 g/mol. The number of carbonyl (C=O) groups is 2. The number of anilines is 1. The summed E-state index contributed by atoms with van der Waals surface area (Å²) < 4.78 is 0. The Morgan fingerprint density at radius 2 is 1.68 bits per heavy atom. The largest absolute Gasteiger partial charge is 0.346 e. The zero-order valence-corrected chi connectivity index (χ0v) is 15.8. The Hall–Kier alpha value is -3.54. The van der Waals surface area contributed by atoms with Crippen LogP contribution in [0.25, 0.3) is 0 Å². The van der Waals surface area contributed by atoms with Gasteiger partial charge in [-0.2, -0.15) is 0 Å². The first kappa shape index (κ1) is 19.2. The minimum atomic E-state index is -0.316. The summed E-state index contributed by atoms with van der Waals surface area (Å²) in [5, 5.41) is 5.60. The van der Waals surface area contributed by atoms with Crippen molar-refractivity contribution < 1.29 is 9.59 Å². The Morgan fingerprint density at radius 1 is 0.964 bits per heavy atom. The summed E-state index contributed by atoms with van der Waals surface area (Å²) in [5.74, 6) is -0.200. The van der Waals surface area contributed by atoms with E-state index in [0.717, 1.165) is 5.69 Å². The van der Waals surface area contributed by atoms with Gasteiger partial charge in [0.15, 0.2) is 0 Å². The number of amides is 2. The van der Waals surface area contributed by atoms with E-state index in [2.05, 4.69) is 34.4 Å². The first-order chi connectivity index (χ1) is 13.5. The molecule has 0 fully saturated rings. The summed E-state index contributed by atoms with van der Waals surface area (Å²) in [4.78, 5) is 33.0. The molecule has 0 radical (unpaired) electrons. The van der Waals surface area contributed by atoms with Gasteiger partial charge in [-0.25, -0.2) is 0 Å². The molecule has 0 atom stereocenters. The number of hydrogen-bond donors (Lipinski definition) is 2. The first-order valence-corrected chi connectivity index (χ1v) is 9.07. The molecule has 0 spiro atoms. The number of hydrogen-bond acceptors (Lipinski definition) is 4. The van der Waals surface area contributed by atoms with Gasteiger partial charge in [-0.1, -0.05) is 32.0 Å². The van der Waals surface area contributed by atoms with Crippen LogP contribution in [0.2, 0.25) is 0 Å². The molecule has 1 aromatic carbocycles. The van der Waals surface area contributed by atoms with E-state index in [-0.39, 0.29) is 11.8 Å². The van der Waals surface area contributed by atoms with Crippen molar-refractivity contribution in [2.45, 2.75) is 26.3 Å². The second-order valence-corrected chi connectivity index (χ2v) is 6.70. The smallest absolute Gasteiger partial charge is 0.257 e. The third-order valence-corrected chi connectivity index (χ3v) is 4.25. The molecule has 0 saturated heterocycles. The summed E-state index contributed by atoms with van der Waals surface area (Å²) in [6.07, 6.45) is 4.54. The molecule has 0 unspecified atom stereocenters. The predicted octanol–water partition coefficient (Wildman–Crippen LogP) is 3.78. The topological polar surface area (TPSA) is 84.0 Å². The van der Waals surface area contributed by atoms with E-state index >= 15 is 0 Å². The maximum absolute atomic E-state index is 12.5. The van der Waals surface area contributed by atoms with E-state index in [1.54, 1.807) is 6.20 Å². The number of rotatable bonds is 6. The van der Waals surface area contributed by atoms with Crippen LogP contribution in [-0.2, 0) is 6.54 Å². The molecule has 2 amide bonds. The molecule has 0 aliphatic rings. The number of carbonyl (C=O) groups excluding carboxylic acids is 2. The van der Waals surface area contributed by atoms with Gasteiger partial charge in [0.05, 0.1) is 23.4 Å². The predicted molar refractivity (Wildman–Crippen MR) is 108 cm³/mol. The molecule has 3 rings (SSSR count). The van der Waals surface area contributed by atoms with Gasteiger partial charge < -0.3 is 10.6 Å². The van der Waals surface area contributed by atoms with Crippen LogP contribution in [0.3, 0.4) is 0 Å². The quantitative estimate of drug-likeness (QED) is 0.688. The molecule has 142 valence electrons. The molecule has 0 aliphatic carbocycles.